The molecule has 0 saturated carbocycles. The van der Waals surface area contributed by atoms with Gasteiger partial charge in [0.15, 0.2) is 0 Å². The van der Waals surface area contributed by atoms with Gasteiger partial charge in [0.25, 0.3) is 0 Å². The van der Waals surface area contributed by atoms with Gasteiger partial charge in [-0.05, 0) is 46.0 Å². The minimum atomic E-state index is 0.102. The van der Waals surface area contributed by atoms with Crippen LogP contribution in [-0.2, 0) is 0 Å². The summed E-state index contributed by atoms with van der Waals surface area (Å²) in [4.78, 5) is 0. The summed E-state index contributed by atoms with van der Waals surface area (Å²) >= 11 is 0. The van der Waals surface area contributed by atoms with Crippen LogP contribution >= 0.6 is 0 Å². The number of phenols is 2. The van der Waals surface area contributed by atoms with Crippen molar-refractivity contribution >= 4 is 0 Å². The van der Waals surface area contributed by atoms with Crippen molar-refractivity contribution in [1.82, 2.24) is 0 Å². The van der Waals surface area contributed by atoms with E-state index in [1.165, 1.54) is 22.3 Å². The van der Waals surface area contributed by atoms with Crippen LogP contribution < -0.4 is 0 Å². The predicted molar refractivity (Wildman–Crippen MR) is 123 cm³/mol. The van der Waals surface area contributed by atoms with Crippen LogP contribution in [0.3, 0.4) is 0 Å². The van der Waals surface area contributed by atoms with Crippen LogP contribution in [0.2, 0.25) is 0 Å². The first-order chi connectivity index (χ1) is 14.5. The van der Waals surface area contributed by atoms with Crippen molar-refractivity contribution in [3.05, 3.63) is 119 Å². The molecule has 0 aromatic heterocycles. The van der Waals surface area contributed by atoms with E-state index in [4.69, 9.17) is 0 Å². The first-order valence-electron chi connectivity index (χ1n) is 10.3. The fourth-order valence-electron chi connectivity index (χ4n) is 3.96. The van der Waals surface area contributed by atoms with Crippen molar-refractivity contribution in [2.24, 2.45) is 0 Å². The summed E-state index contributed by atoms with van der Waals surface area (Å²) in [5.74, 6) is 0.953. The van der Waals surface area contributed by atoms with Crippen LogP contribution in [0.4, 0.5) is 0 Å². The molecule has 2 N–H and O–H groups in total. The monoisotopic (exact) mass is 394 g/mol. The molecule has 2 atom stereocenters. The van der Waals surface area contributed by atoms with Crippen molar-refractivity contribution in [3.8, 4) is 22.6 Å². The van der Waals surface area contributed by atoms with Crippen LogP contribution in [0.1, 0.15) is 47.9 Å². The molecule has 0 amide bonds. The van der Waals surface area contributed by atoms with Crippen LogP contribution in [0.5, 0.6) is 11.5 Å². The Kier molecular flexibility index (Phi) is 5.58. The summed E-state index contributed by atoms with van der Waals surface area (Å²) in [5.41, 5.74) is 6.85. The lowest BCUT2D eigenvalue weighted by atomic mass is 9.88. The van der Waals surface area contributed by atoms with Crippen LogP contribution in [0.25, 0.3) is 11.1 Å². The Labute approximate surface area is 178 Å². The number of para-hydroxylation sites is 1. The summed E-state index contributed by atoms with van der Waals surface area (Å²) in [6.07, 6.45) is 0. The van der Waals surface area contributed by atoms with E-state index in [0.717, 1.165) is 11.1 Å². The van der Waals surface area contributed by atoms with Gasteiger partial charge in [0, 0.05) is 17.4 Å². The minimum Gasteiger partial charge on any atom is -0.508 e. The molecule has 0 aliphatic heterocycles. The van der Waals surface area contributed by atoms with Crippen molar-refractivity contribution in [2.45, 2.75) is 25.7 Å². The highest BCUT2D eigenvalue weighted by Crippen LogP contribution is 2.34. The molecule has 0 heterocycles. The lowest BCUT2D eigenvalue weighted by Crippen LogP contribution is -1.98. The second kappa shape index (κ2) is 8.46. The van der Waals surface area contributed by atoms with Crippen molar-refractivity contribution in [1.29, 1.82) is 0 Å². The zero-order chi connectivity index (χ0) is 21.1. The van der Waals surface area contributed by atoms with E-state index in [0.29, 0.717) is 5.75 Å². The van der Waals surface area contributed by atoms with Gasteiger partial charge in [0.2, 0.25) is 0 Å². The van der Waals surface area contributed by atoms with Gasteiger partial charge in [-0.2, -0.15) is 0 Å². The molecule has 2 nitrogen and oxygen atoms in total. The molecule has 0 aliphatic rings. The van der Waals surface area contributed by atoms with E-state index in [1.807, 2.05) is 30.3 Å². The normalized spacial score (nSPS) is 13.0. The van der Waals surface area contributed by atoms with Gasteiger partial charge in [0.1, 0.15) is 11.5 Å². The van der Waals surface area contributed by atoms with Gasteiger partial charge in [0.05, 0.1) is 0 Å². The molecule has 0 spiro atoms. The van der Waals surface area contributed by atoms with Gasteiger partial charge in [-0.1, -0.05) is 92.7 Å². The average Bonchev–Trinajstić information content (AvgIpc) is 2.79. The second-order valence-corrected chi connectivity index (χ2v) is 7.84. The smallest absolute Gasteiger partial charge is 0.119 e. The van der Waals surface area contributed by atoms with E-state index in [9.17, 15) is 10.2 Å². The van der Waals surface area contributed by atoms with E-state index in [-0.39, 0.29) is 17.6 Å². The number of aromatic hydroxyl groups is 2. The third kappa shape index (κ3) is 4.08. The molecule has 4 aromatic carbocycles. The molecular formula is C28H26O2. The molecule has 0 bridgehead atoms. The largest absolute Gasteiger partial charge is 0.508 e. The molecule has 150 valence electrons. The maximum atomic E-state index is 10.2. The zero-order valence-electron chi connectivity index (χ0n) is 17.3. The number of hydrogen-bond donors (Lipinski definition) is 2. The third-order valence-corrected chi connectivity index (χ3v) is 5.90. The molecule has 2 heteroatoms. The fraction of sp³-hybridized carbons (Fsp3) is 0.143. The first-order valence-corrected chi connectivity index (χ1v) is 10.3. The molecule has 4 aromatic rings. The van der Waals surface area contributed by atoms with E-state index >= 15 is 0 Å². The minimum absolute atomic E-state index is 0.102. The molecule has 0 saturated heterocycles. The Morgan fingerprint density at radius 3 is 1.70 bits per heavy atom. The maximum Gasteiger partial charge on any atom is 0.119 e. The molecule has 2 unspecified atom stereocenters. The standard InChI is InChI=1S/C28H26O2/c1-19(21-13-15-26(29)16-14-21)22-7-5-9-24(17-22)25-10-6-8-23(18-25)20(2)27-11-3-4-12-28(27)30/h3-20,29-30H,1-2H3. The molecule has 0 aliphatic carbocycles. The number of phenolic OH excluding ortho intramolecular Hbond substituents is 2. The Hall–Kier alpha value is -3.52. The summed E-state index contributed by atoms with van der Waals surface area (Å²) < 4.78 is 0. The summed E-state index contributed by atoms with van der Waals surface area (Å²) in [5, 5.41) is 19.8. The predicted octanol–water partition coefficient (Wildman–Crippen LogP) is 7.07. The third-order valence-electron chi connectivity index (χ3n) is 5.90. The highest BCUT2D eigenvalue weighted by molar-refractivity contribution is 5.66. The van der Waals surface area contributed by atoms with Crippen LogP contribution in [0.15, 0.2) is 97.1 Å². The molecular weight excluding hydrogens is 368 g/mol. The first kappa shape index (κ1) is 19.8. The van der Waals surface area contributed by atoms with E-state index in [2.05, 4.69) is 62.4 Å². The quantitative estimate of drug-likeness (QED) is 0.380. The van der Waals surface area contributed by atoms with Gasteiger partial charge in [-0.3, -0.25) is 0 Å². The average molecular weight is 395 g/mol. The van der Waals surface area contributed by atoms with Gasteiger partial charge in [-0.25, -0.2) is 0 Å². The van der Waals surface area contributed by atoms with Crippen LogP contribution in [-0.4, -0.2) is 10.2 Å². The summed E-state index contributed by atoms with van der Waals surface area (Å²) in [7, 11) is 0. The number of rotatable bonds is 5. The molecule has 0 fully saturated rings. The zero-order valence-corrected chi connectivity index (χ0v) is 17.3. The van der Waals surface area contributed by atoms with E-state index in [1.54, 1.807) is 18.2 Å². The number of hydrogen-bond acceptors (Lipinski definition) is 2. The summed E-state index contributed by atoms with van der Waals surface area (Å²) in [6, 6.07) is 32.1. The molecule has 0 radical (unpaired) electrons. The fourth-order valence-corrected chi connectivity index (χ4v) is 3.96. The van der Waals surface area contributed by atoms with Crippen molar-refractivity contribution in [3.63, 3.8) is 0 Å². The van der Waals surface area contributed by atoms with Crippen molar-refractivity contribution in [2.75, 3.05) is 0 Å². The highest BCUT2D eigenvalue weighted by atomic mass is 16.3. The molecule has 4 rings (SSSR count). The maximum absolute atomic E-state index is 10.2. The van der Waals surface area contributed by atoms with E-state index < -0.39 is 0 Å². The Balaban J connectivity index is 1.65. The van der Waals surface area contributed by atoms with Gasteiger partial charge < -0.3 is 10.2 Å². The second-order valence-electron chi connectivity index (χ2n) is 7.84. The van der Waals surface area contributed by atoms with Crippen molar-refractivity contribution < 1.29 is 10.2 Å². The summed E-state index contributed by atoms with van der Waals surface area (Å²) in [6.45, 7) is 4.31. The highest BCUT2D eigenvalue weighted by Gasteiger charge is 2.14. The van der Waals surface area contributed by atoms with Gasteiger partial charge in [-0.15, -0.1) is 0 Å². The lowest BCUT2D eigenvalue weighted by Gasteiger charge is -2.17. The van der Waals surface area contributed by atoms with Gasteiger partial charge >= 0.3 is 0 Å². The Bertz CT molecular complexity index is 1150. The SMILES string of the molecule is CC(c1ccc(O)cc1)c1cccc(-c2cccc(C(C)c3ccccc3O)c2)c1. The Morgan fingerprint density at radius 1 is 0.533 bits per heavy atom. The topological polar surface area (TPSA) is 40.5 Å². The lowest BCUT2D eigenvalue weighted by molar-refractivity contribution is 0.466. The van der Waals surface area contributed by atoms with Crippen LogP contribution in [0, 0.1) is 0 Å². The number of benzene rings is 4. The Morgan fingerprint density at radius 2 is 1.10 bits per heavy atom. The molecule has 30 heavy (non-hydrogen) atoms.